The van der Waals surface area contributed by atoms with Gasteiger partial charge in [0.15, 0.2) is 5.82 Å². The third kappa shape index (κ3) is 5.21. The van der Waals surface area contributed by atoms with Crippen molar-refractivity contribution in [1.29, 1.82) is 0 Å². The van der Waals surface area contributed by atoms with E-state index < -0.39 is 17.7 Å². The first kappa shape index (κ1) is 18.2. The maximum absolute atomic E-state index is 13.1. The summed E-state index contributed by atoms with van der Waals surface area (Å²) in [5.41, 5.74) is 0.914. The molecule has 0 fully saturated rings. The molecule has 27 heavy (non-hydrogen) atoms. The molecule has 8 nitrogen and oxygen atoms in total. The van der Waals surface area contributed by atoms with E-state index in [2.05, 4.69) is 31.2 Å². The highest BCUT2D eigenvalue weighted by Gasteiger charge is 2.05. The van der Waals surface area contributed by atoms with Crippen LogP contribution in [0.1, 0.15) is 5.69 Å². The number of aromatic nitrogens is 4. The van der Waals surface area contributed by atoms with Crippen LogP contribution < -0.4 is 16.0 Å². The molecule has 0 unspecified atom stereocenters. The molecule has 3 aromatic rings. The van der Waals surface area contributed by atoms with Crippen molar-refractivity contribution in [2.24, 2.45) is 0 Å². The molecule has 10 heteroatoms. The molecule has 0 atom stereocenters. The van der Waals surface area contributed by atoms with Crippen molar-refractivity contribution in [2.45, 2.75) is 6.92 Å². The Bertz CT molecular complexity index is 907. The Hall–Kier alpha value is -3.56. The largest absolute Gasteiger partial charge is 0.367 e. The average molecular weight is 373 g/mol. The number of urea groups is 1. The number of hydrogen-bond donors (Lipinski definition) is 3. The topological polar surface area (TPSA) is 96.8 Å². The van der Waals surface area contributed by atoms with Gasteiger partial charge in [-0.05, 0) is 37.3 Å². The number of nitrogens with one attached hydrogen (secondary N) is 3. The van der Waals surface area contributed by atoms with Crippen LogP contribution in [0.2, 0.25) is 0 Å². The van der Waals surface area contributed by atoms with Crippen molar-refractivity contribution < 1.29 is 13.6 Å². The van der Waals surface area contributed by atoms with Gasteiger partial charge < -0.3 is 16.0 Å². The molecule has 0 radical (unpaired) electrons. The molecule has 0 saturated heterocycles. The summed E-state index contributed by atoms with van der Waals surface area (Å²) >= 11 is 0. The quantitative estimate of drug-likeness (QED) is 0.577. The summed E-state index contributed by atoms with van der Waals surface area (Å²) in [6, 6.07) is 7.58. The molecule has 0 aliphatic carbocycles. The summed E-state index contributed by atoms with van der Waals surface area (Å²) < 4.78 is 27.8. The molecular formula is C17H17F2N7O. The van der Waals surface area contributed by atoms with Crippen LogP contribution >= 0.6 is 0 Å². The number of nitrogens with zero attached hydrogens (tertiary/aromatic N) is 4. The number of hydrogen-bond acceptors (Lipinski definition) is 5. The van der Waals surface area contributed by atoms with Crippen molar-refractivity contribution in [3.8, 4) is 5.82 Å². The van der Waals surface area contributed by atoms with Gasteiger partial charge in [-0.25, -0.2) is 18.3 Å². The number of amides is 2. The minimum Gasteiger partial charge on any atom is -0.367 e. The predicted octanol–water partition coefficient (Wildman–Crippen LogP) is 2.48. The van der Waals surface area contributed by atoms with Crippen LogP contribution in [0.25, 0.3) is 5.82 Å². The van der Waals surface area contributed by atoms with E-state index in [1.54, 1.807) is 23.0 Å². The van der Waals surface area contributed by atoms with Crippen LogP contribution in [0.4, 0.5) is 25.1 Å². The van der Waals surface area contributed by atoms with Gasteiger partial charge in [0, 0.05) is 31.0 Å². The highest BCUT2D eigenvalue weighted by Crippen LogP contribution is 2.12. The summed E-state index contributed by atoms with van der Waals surface area (Å²) in [7, 11) is 0. The molecule has 3 rings (SSSR count). The fourth-order valence-corrected chi connectivity index (χ4v) is 2.25. The number of aryl methyl sites for hydroxylation is 1. The molecule has 2 aromatic heterocycles. The SMILES string of the molecule is Cc1ccn(-c2ccc(NCCNC(=O)Nc3cc(F)cc(F)c3)nn2)n1. The lowest BCUT2D eigenvalue weighted by Gasteiger charge is -2.09. The van der Waals surface area contributed by atoms with Crippen LogP contribution in [0, 0.1) is 18.6 Å². The van der Waals surface area contributed by atoms with Crippen LogP contribution in [0.5, 0.6) is 0 Å². The minimum absolute atomic E-state index is 0.0354. The molecule has 2 amide bonds. The number of halogens is 2. The molecule has 0 saturated carbocycles. The summed E-state index contributed by atoms with van der Waals surface area (Å²) in [5, 5.41) is 20.3. The van der Waals surface area contributed by atoms with Gasteiger partial charge in [0.1, 0.15) is 17.5 Å². The third-order valence-electron chi connectivity index (χ3n) is 3.44. The van der Waals surface area contributed by atoms with Gasteiger partial charge in [0.25, 0.3) is 0 Å². The second-order valence-electron chi connectivity index (χ2n) is 5.64. The predicted molar refractivity (Wildman–Crippen MR) is 95.8 cm³/mol. The fraction of sp³-hybridized carbons (Fsp3) is 0.176. The van der Waals surface area contributed by atoms with Gasteiger partial charge in [0.05, 0.1) is 5.69 Å². The van der Waals surface area contributed by atoms with Crippen molar-refractivity contribution in [1.82, 2.24) is 25.3 Å². The molecule has 0 aliphatic rings. The maximum Gasteiger partial charge on any atom is 0.319 e. The van der Waals surface area contributed by atoms with Crippen molar-refractivity contribution in [2.75, 3.05) is 23.7 Å². The number of anilines is 2. The lowest BCUT2D eigenvalue weighted by molar-refractivity contribution is 0.252. The van der Waals surface area contributed by atoms with E-state index in [-0.39, 0.29) is 12.2 Å². The average Bonchev–Trinajstić information content (AvgIpc) is 3.05. The lowest BCUT2D eigenvalue weighted by atomic mass is 10.3. The van der Waals surface area contributed by atoms with Crippen LogP contribution in [-0.4, -0.2) is 39.1 Å². The van der Waals surface area contributed by atoms with E-state index in [1.807, 2.05) is 13.0 Å². The van der Waals surface area contributed by atoms with E-state index >= 15 is 0 Å². The lowest BCUT2D eigenvalue weighted by Crippen LogP contribution is -2.32. The summed E-state index contributed by atoms with van der Waals surface area (Å²) in [5.74, 6) is -0.399. The first-order valence-electron chi connectivity index (χ1n) is 8.11. The number of rotatable bonds is 6. The zero-order valence-corrected chi connectivity index (χ0v) is 14.4. The van der Waals surface area contributed by atoms with Crippen LogP contribution in [0.15, 0.2) is 42.6 Å². The van der Waals surface area contributed by atoms with Gasteiger partial charge in [-0.15, -0.1) is 10.2 Å². The molecule has 0 aliphatic heterocycles. The second-order valence-corrected chi connectivity index (χ2v) is 5.64. The molecule has 3 N–H and O–H groups in total. The molecule has 0 bridgehead atoms. The Labute approximate surface area is 153 Å². The number of carbonyl (C=O) groups is 1. The Morgan fingerprint density at radius 2 is 1.85 bits per heavy atom. The van der Waals surface area contributed by atoms with Crippen molar-refractivity contribution >= 4 is 17.5 Å². The minimum atomic E-state index is -0.765. The van der Waals surface area contributed by atoms with E-state index in [0.717, 1.165) is 23.9 Å². The van der Waals surface area contributed by atoms with Crippen LogP contribution in [-0.2, 0) is 0 Å². The highest BCUT2D eigenvalue weighted by atomic mass is 19.1. The molecule has 1 aromatic carbocycles. The Morgan fingerprint density at radius 1 is 1.07 bits per heavy atom. The Kier molecular flexibility index (Phi) is 5.55. The van der Waals surface area contributed by atoms with Gasteiger partial charge in [-0.3, -0.25) is 0 Å². The second kappa shape index (κ2) is 8.21. The van der Waals surface area contributed by atoms with Crippen molar-refractivity contribution in [3.05, 3.63) is 59.9 Å². The summed E-state index contributed by atoms with van der Waals surface area (Å²) in [6.45, 7) is 2.54. The summed E-state index contributed by atoms with van der Waals surface area (Å²) in [4.78, 5) is 11.7. The van der Waals surface area contributed by atoms with E-state index in [1.165, 1.54) is 0 Å². The number of benzene rings is 1. The first-order valence-corrected chi connectivity index (χ1v) is 8.11. The van der Waals surface area contributed by atoms with Gasteiger partial charge in [-0.2, -0.15) is 5.10 Å². The summed E-state index contributed by atoms with van der Waals surface area (Å²) in [6.07, 6.45) is 1.79. The van der Waals surface area contributed by atoms with Crippen LogP contribution in [0.3, 0.4) is 0 Å². The van der Waals surface area contributed by atoms with E-state index in [9.17, 15) is 13.6 Å². The first-order chi connectivity index (χ1) is 13.0. The smallest absolute Gasteiger partial charge is 0.319 e. The fourth-order valence-electron chi connectivity index (χ4n) is 2.25. The van der Waals surface area contributed by atoms with Gasteiger partial charge >= 0.3 is 6.03 Å². The molecular weight excluding hydrogens is 356 g/mol. The normalized spacial score (nSPS) is 10.5. The van der Waals surface area contributed by atoms with Gasteiger partial charge in [0.2, 0.25) is 0 Å². The maximum atomic E-state index is 13.1. The molecule has 2 heterocycles. The molecule has 0 spiro atoms. The Morgan fingerprint density at radius 3 is 2.48 bits per heavy atom. The monoisotopic (exact) mass is 373 g/mol. The Balaban J connectivity index is 1.42. The van der Waals surface area contributed by atoms with Gasteiger partial charge in [-0.1, -0.05) is 0 Å². The zero-order chi connectivity index (χ0) is 19.2. The number of carbonyl (C=O) groups excluding carboxylic acids is 1. The standard InChI is InChI=1S/C17H17F2N7O/c1-11-4-7-26(25-11)16-3-2-15(23-24-16)20-5-6-21-17(27)22-14-9-12(18)8-13(19)10-14/h2-4,7-10H,5-6H2,1H3,(H,20,23)(H2,21,22,27). The third-order valence-corrected chi connectivity index (χ3v) is 3.44. The van der Waals surface area contributed by atoms with E-state index in [4.69, 9.17) is 0 Å². The van der Waals surface area contributed by atoms with E-state index in [0.29, 0.717) is 18.2 Å². The molecule has 140 valence electrons. The zero-order valence-electron chi connectivity index (χ0n) is 14.4. The van der Waals surface area contributed by atoms with Crippen molar-refractivity contribution in [3.63, 3.8) is 0 Å². The highest BCUT2D eigenvalue weighted by molar-refractivity contribution is 5.89.